The van der Waals surface area contributed by atoms with Crippen LogP contribution in [-0.4, -0.2) is 23.5 Å². The van der Waals surface area contributed by atoms with Crippen LogP contribution in [0.2, 0.25) is 20.1 Å². The molecule has 2 aromatic rings. The summed E-state index contributed by atoms with van der Waals surface area (Å²) in [6.45, 7) is 1.22. The van der Waals surface area contributed by atoms with Gasteiger partial charge in [-0.1, -0.05) is 52.5 Å². The van der Waals surface area contributed by atoms with Crippen LogP contribution in [0.3, 0.4) is 0 Å². The Hall–Kier alpha value is -1.53. The fourth-order valence-corrected chi connectivity index (χ4v) is 2.54. The fraction of sp³-hybridized carbons (Fsp3) is 0.188. The van der Waals surface area contributed by atoms with E-state index in [0.717, 1.165) is 0 Å². The number of hydrogen-bond acceptors (Lipinski definition) is 4. The van der Waals surface area contributed by atoms with Gasteiger partial charge in [0.2, 0.25) is 0 Å². The summed E-state index contributed by atoms with van der Waals surface area (Å²) in [5.41, 5.74) is 1.21. The molecule has 0 aliphatic heterocycles. The highest BCUT2D eigenvalue weighted by Gasteiger charge is 2.14. The molecule has 0 saturated heterocycles. The van der Waals surface area contributed by atoms with Gasteiger partial charge < -0.3 is 10.1 Å². The van der Waals surface area contributed by atoms with E-state index in [2.05, 4.69) is 10.3 Å². The summed E-state index contributed by atoms with van der Waals surface area (Å²) >= 11 is 23.6. The van der Waals surface area contributed by atoms with E-state index < -0.39 is 18.5 Å². The monoisotopic (exact) mass is 420 g/mol. The van der Waals surface area contributed by atoms with E-state index in [1.165, 1.54) is 6.20 Å². The third kappa shape index (κ3) is 5.47. The number of carbonyl (C=O) groups excluding carboxylic acids is 2. The second-order valence-corrected chi connectivity index (χ2v) is 6.63. The standard InChI is InChI=1S/C16H12Cl4N2O3/c1-8-12(19)6-21-16(15(8)20)22-13(23)7-25-14(24)5-9-2-3-10(17)11(18)4-9/h2-4,6H,5,7H2,1H3,(H,21,22,23). The van der Waals surface area contributed by atoms with Gasteiger partial charge >= 0.3 is 5.97 Å². The van der Waals surface area contributed by atoms with Gasteiger partial charge in [0.1, 0.15) is 0 Å². The summed E-state index contributed by atoms with van der Waals surface area (Å²) in [7, 11) is 0. The SMILES string of the molecule is Cc1c(Cl)cnc(NC(=O)COC(=O)Cc2ccc(Cl)c(Cl)c2)c1Cl. The molecular weight excluding hydrogens is 410 g/mol. The average Bonchev–Trinajstić information content (AvgIpc) is 2.57. The topological polar surface area (TPSA) is 68.3 Å². The molecule has 0 unspecified atom stereocenters. The van der Waals surface area contributed by atoms with E-state index >= 15 is 0 Å². The van der Waals surface area contributed by atoms with Crippen molar-refractivity contribution >= 4 is 64.1 Å². The maximum atomic E-state index is 11.9. The summed E-state index contributed by atoms with van der Waals surface area (Å²) in [5.74, 6) is -1.01. The van der Waals surface area contributed by atoms with Crippen molar-refractivity contribution < 1.29 is 14.3 Å². The molecule has 5 nitrogen and oxygen atoms in total. The molecule has 2 rings (SSSR count). The molecule has 0 radical (unpaired) electrons. The maximum absolute atomic E-state index is 11.9. The number of nitrogens with one attached hydrogen (secondary N) is 1. The van der Waals surface area contributed by atoms with E-state index in [-0.39, 0.29) is 17.3 Å². The number of carbonyl (C=O) groups is 2. The molecular formula is C16H12Cl4N2O3. The lowest BCUT2D eigenvalue weighted by Crippen LogP contribution is -2.22. The molecule has 9 heteroatoms. The normalized spacial score (nSPS) is 10.4. The molecule has 0 fully saturated rings. The van der Waals surface area contributed by atoms with Crippen molar-refractivity contribution in [3.63, 3.8) is 0 Å². The van der Waals surface area contributed by atoms with Crippen molar-refractivity contribution in [2.45, 2.75) is 13.3 Å². The van der Waals surface area contributed by atoms with Crippen LogP contribution in [0.5, 0.6) is 0 Å². The molecule has 0 aliphatic rings. The quantitative estimate of drug-likeness (QED) is 0.708. The molecule has 0 bridgehead atoms. The fourth-order valence-electron chi connectivity index (χ4n) is 1.83. The zero-order valence-electron chi connectivity index (χ0n) is 12.9. The minimum atomic E-state index is -0.583. The molecule has 0 spiro atoms. The molecule has 1 amide bonds. The first-order chi connectivity index (χ1) is 11.8. The Bertz CT molecular complexity index is 827. The van der Waals surface area contributed by atoms with E-state index in [4.69, 9.17) is 51.1 Å². The highest BCUT2D eigenvalue weighted by atomic mass is 35.5. The molecule has 0 aliphatic carbocycles. The minimum absolute atomic E-state index is 0.0385. The van der Waals surface area contributed by atoms with Gasteiger partial charge in [0, 0.05) is 6.20 Å². The van der Waals surface area contributed by atoms with Crippen molar-refractivity contribution in [1.82, 2.24) is 4.98 Å². The van der Waals surface area contributed by atoms with E-state index in [1.807, 2.05) is 0 Å². The zero-order chi connectivity index (χ0) is 18.6. The predicted octanol–water partition coefficient (Wildman–Crippen LogP) is 4.73. The number of ether oxygens (including phenoxy) is 1. The third-order valence-corrected chi connectivity index (χ3v) is 4.74. The summed E-state index contributed by atoms with van der Waals surface area (Å²) in [6.07, 6.45) is 1.33. The first-order valence-electron chi connectivity index (χ1n) is 6.98. The summed E-state index contributed by atoms with van der Waals surface area (Å²) in [6, 6.07) is 4.79. The van der Waals surface area contributed by atoms with Crippen molar-refractivity contribution in [3.8, 4) is 0 Å². The number of amides is 1. The van der Waals surface area contributed by atoms with Crippen molar-refractivity contribution in [1.29, 1.82) is 0 Å². The largest absolute Gasteiger partial charge is 0.455 e. The number of esters is 1. The van der Waals surface area contributed by atoms with Crippen LogP contribution in [0.25, 0.3) is 0 Å². The number of halogens is 4. The van der Waals surface area contributed by atoms with Crippen LogP contribution < -0.4 is 5.32 Å². The Morgan fingerprint density at radius 1 is 1.12 bits per heavy atom. The number of benzene rings is 1. The van der Waals surface area contributed by atoms with Crippen molar-refractivity contribution in [3.05, 3.63) is 55.6 Å². The molecule has 0 saturated carbocycles. The molecule has 1 aromatic carbocycles. The highest BCUT2D eigenvalue weighted by molar-refractivity contribution is 6.42. The van der Waals surface area contributed by atoms with Crippen LogP contribution in [0.1, 0.15) is 11.1 Å². The van der Waals surface area contributed by atoms with Crippen LogP contribution >= 0.6 is 46.4 Å². The molecule has 1 aromatic heterocycles. The van der Waals surface area contributed by atoms with E-state index in [1.54, 1.807) is 25.1 Å². The second kappa shape index (κ2) is 8.72. The highest BCUT2D eigenvalue weighted by Crippen LogP contribution is 2.28. The first kappa shape index (κ1) is 19.8. The van der Waals surface area contributed by atoms with Crippen LogP contribution in [-0.2, 0) is 20.7 Å². The predicted molar refractivity (Wildman–Crippen MR) is 98.7 cm³/mol. The van der Waals surface area contributed by atoms with Gasteiger partial charge in [0.15, 0.2) is 12.4 Å². The minimum Gasteiger partial charge on any atom is -0.455 e. The summed E-state index contributed by atoms with van der Waals surface area (Å²) in [4.78, 5) is 27.6. The van der Waals surface area contributed by atoms with Crippen LogP contribution in [0.4, 0.5) is 5.82 Å². The van der Waals surface area contributed by atoms with Crippen LogP contribution in [0, 0.1) is 6.92 Å². The van der Waals surface area contributed by atoms with Crippen molar-refractivity contribution in [2.75, 3.05) is 11.9 Å². The Morgan fingerprint density at radius 3 is 2.52 bits per heavy atom. The van der Waals surface area contributed by atoms with Gasteiger partial charge in [0.05, 0.1) is 26.5 Å². The Kier molecular flexibility index (Phi) is 6.90. The van der Waals surface area contributed by atoms with Gasteiger partial charge in [-0.3, -0.25) is 9.59 Å². The number of pyridine rings is 1. The van der Waals surface area contributed by atoms with Crippen LogP contribution in [0.15, 0.2) is 24.4 Å². The molecule has 1 N–H and O–H groups in total. The van der Waals surface area contributed by atoms with Gasteiger partial charge in [-0.15, -0.1) is 0 Å². The maximum Gasteiger partial charge on any atom is 0.310 e. The van der Waals surface area contributed by atoms with Gasteiger partial charge in [0.25, 0.3) is 5.91 Å². The van der Waals surface area contributed by atoms with E-state index in [0.29, 0.717) is 26.2 Å². The van der Waals surface area contributed by atoms with E-state index in [9.17, 15) is 9.59 Å². The molecule has 1 heterocycles. The number of anilines is 1. The summed E-state index contributed by atoms with van der Waals surface area (Å²) < 4.78 is 4.92. The number of rotatable bonds is 5. The van der Waals surface area contributed by atoms with Gasteiger partial charge in [-0.2, -0.15) is 0 Å². The van der Waals surface area contributed by atoms with Crippen molar-refractivity contribution in [2.24, 2.45) is 0 Å². The lowest BCUT2D eigenvalue weighted by Gasteiger charge is -2.09. The molecule has 0 atom stereocenters. The third-order valence-electron chi connectivity index (χ3n) is 3.16. The number of aromatic nitrogens is 1. The smallest absolute Gasteiger partial charge is 0.310 e. The average molecular weight is 422 g/mol. The first-order valence-corrected chi connectivity index (χ1v) is 8.49. The Balaban J connectivity index is 1.88. The van der Waals surface area contributed by atoms with Gasteiger partial charge in [-0.25, -0.2) is 4.98 Å². The molecule has 132 valence electrons. The lowest BCUT2D eigenvalue weighted by molar-refractivity contribution is -0.146. The number of nitrogens with zero attached hydrogens (tertiary/aromatic N) is 1. The van der Waals surface area contributed by atoms with Gasteiger partial charge in [-0.05, 0) is 30.2 Å². The molecule has 25 heavy (non-hydrogen) atoms. The lowest BCUT2D eigenvalue weighted by atomic mass is 10.1. The number of hydrogen-bond donors (Lipinski definition) is 1. The zero-order valence-corrected chi connectivity index (χ0v) is 15.9. The second-order valence-electron chi connectivity index (χ2n) is 5.03. The summed E-state index contributed by atoms with van der Waals surface area (Å²) in [5, 5.41) is 3.79. The Labute approximate surface area is 164 Å². The Morgan fingerprint density at radius 2 is 1.84 bits per heavy atom.